The second kappa shape index (κ2) is 9.23. The first kappa shape index (κ1) is 19.0. The van der Waals surface area contributed by atoms with Gasteiger partial charge < -0.3 is 9.47 Å². The molecular formula is C22H20N2O4. The van der Waals surface area contributed by atoms with Gasteiger partial charge in [-0.2, -0.15) is 0 Å². The molecule has 0 unspecified atom stereocenters. The van der Waals surface area contributed by atoms with Crippen LogP contribution < -0.4 is 20.3 Å². The topological polar surface area (TPSA) is 76.7 Å². The molecule has 2 amide bonds. The third kappa shape index (κ3) is 5.11. The molecule has 0 spiro atoms. The van der Waals surface area contributed by atoms with E-state index in [9.17, 15) is 9.59 Å². The zero-order valence-corrected chi connectivity index (χ0v) is 15.3. The maximum absolute atomic E-state index is 11.9. The van der Waals surface area contributed by atoms with Crippen molar-refractivity contribution in [3.63, 3.8) is 0 Å². The summed E-state index contributed by atoms with van der Waals surface area (Å²) in [5, 5.41) is 2.11. The molecule has 0 aliphatic heterocycles. The summed E-state index contributed by atoms with van der Waals surface area (Å²) in [7, 11) is 1.56. The Morgan fingerprint density at radius 1 is 0.929 bits per heavy atom. The molecular weight excluding hydrogens is 356 g/mol. The number of carbonyl (C=O) groups excluding carboxylic acids is 2. The molecule has 6 nitrogen and oxygen atoms in total. The van der Waals surface area contributed by atoms with E-state index in [1.54, 1.807) is 25.3 Å². The minimum absolute atomic E-state index is 0.213. The fraction of sp³-hybridized carbons (Fsp3) is 0.0909. The first-order valence-electron chi connectivity index (χ1n) is 8.67. The van der Waals surface area contributed by atoms with Crippen molar-refractivity contribution in [3.8, 4) is 11.5 Å². The number of nitrogens with one attached hydrogen (secondary N) is 2. The zero-order chi connectivity index (χ0) is 19.8. The highest BCUT2D eigenvalue weighted by molar-refractivity contribution is 5.93. The van der Waals surface area contributed by atoms with Crippen molar-refractivity contribution in [1.29, 1.82) is 0 Å². The predicted octanol–water partition coefficient (Wildman–Crippen LogP) is 3.09. The van der Waals surface area contributed by atoms with E-state index in [4.69, 9.17) is 9.47 Å². The summed E-state index contributed by atoms with van der Waals surface area (Å²) in [6.07, 6.45) is 2.91. The van der Waals surface area contributed by atoms with Gasteiger partial charge in [-0.25, -0.2) is 0 Å². The molecule has 0 radical (unpaired) electrons. The standard InChI is InChI=1S/C22H20N2O4/c1-27-20-9-5-4-7-17(20)11-13-21(25)23-24-22(26)15-28-19-12-10-16-6-2-3-8-18(16)14-19/h2-14H,15H2,1H3,(H,23,25)(H,24,26)/b13-11+. The van der Waals surface area contributed by atoms with E-state index in [-0.39, 0.29) is 6.61 Å². The van der Waals surface area contributed by atoms with E-state index < -0.39 is 11.8 Å². The van der Waals surface area contributed by atoms with Crippen LogP contribution in [0.3, 0.4) is 0 Å². The van der Waals surface area contributed by atoms with Crippen molar-refractivity contribution < 1.29 is 19.1 Å². The number of ether oxygens (including phenoxy) is 2. The highest BCUT2D eigenvalue weighted by atomic mass is 16.5. The SMILES string of the molecule is COc1ccccc1/C=C/C(=O)NNC(=O)COc1ccc2ccccc2c1. The highest BCUT2D eigenvalue weighted by Crippen LogP contribution is 2.20. The van der Waals surface area contributed by atoms with Gasteiger partial charge >= 0.3 is 0 Å². The summed E-state index contributed by atoms with van der Waals surface area (Å²) in [5.74, 6) is 0.299. The normalized spacial score (nSPS) is 10.6. The molecule has 142 valence electrons. The van der Waals surface area contributed by atoms with Crippen LogP contribution in [0.4, 0.5) is 0 Å². The molecule has 28 heavy (non-hydrogen) atoms. The molecule has 0 heterocycles. The van der Waals surface area contributed by atoms with E-state index in [2.05, 4.69) is 10.9 Å². The van der Waals surface area contributed by atoms with Crippen LogP contribution in [0.15, 0.2) is 72.8 Å². The molecule has 0 saturated heterocycles. The quantitative estimate of drug-likeness (QED) is 0.512. The van der Waals surface area contributed by atoms with Gasteiger partial charge in [0.05, 0.1) is 7.11 Å². The lowest BCUT2D eigenvalue weighted by atomic mass is 10.1. The Morgan fingerprint density at radius 2 is 1.68 bits per heavy atom. The van der Waals surface area contributed by atoms with Gasteiger partial charge in [0.1, 0.15) is 11.5 Å². The molecule has 0 fully saturated rings. The van der Waals surface area contributed by atoms with Crippen LogP contribution in [0.2, 0.25) is 0 Å². The predicted molar refractivity (Wildman–Crippen MR) is 108 cm³/mol. The van der Waals surface area contributed by atoms with Crippen molar-refractivity contribution in [1.82, 2.24) is 10.9 Å². The first-order valence-corrected chi connectivity index (χ1v) is 8.67. The van der Waals surface area contributed by atoms with Crippen LogP contribution in [-0.4, -0.2) is 25.5 Å². The number of rotatable bonds is 6. The van der Waals surface area contributed by atoms with Crippen molar-refractivity contribution in [3.05, 3.63) is 78.4 Å². The van der Waals surface area contributed by atoms with Crippen LogP contribution in [0.1, 0.15) is 5.56 Å². The van der Waals surface area contributed by atoms with Crippen molar-refractivity contribution in [2.75, 3.05) is 13.7 Å². The fourth-order valence-corrected chi connectivity index (χ4v) is 2.58. The number of hydrazine groups is 1. The number of hydrogen-bond acceptors (Lipinski definition) is 4. The van der Waals surface area contributed by atoms with Crippen LogP contribution in [0.25, 0.3) is 16.8 Å². The molecule has 0 atom stereocenters. The second-order valence-corrected chi connectivity index (χ2v) is 5.91. The Hall–Kier alpha value is -3.80. The lowest BCUT2D eigenvalue weighted by Gasteiger charge is -2.08. The van der Waals surface area contributed by atoms with Crippen LogP contribution >= 0.6 is 0 Å². The summed E-state index contributed by atoms with van der Waals surface area (Å²) >= 11 is 0. The number of benzene rings is 3. The maximum atomic E-state index is 11.9. The van der Waals surface area contributed by atoms with E-state index in [1.807, 2.05) is 54.6 Å². The molecule has 0 saturated carbocycles. The molecule has 3 aromatic carbocycles. The molecule has 2 N–H and O–H groups in total. The van der Waals surface area contributed by atoms with E-state index >= 15 is 0 Å². The third-order valence-electron chi connectivity index (χ3n) is 3.97. The Balaban J connectivity index is 1.46. The van der Waals surface area contributed by atoms with Crippen molar-refractivity contribution in [2.45, 2.75) is 0 Å². The van der Waals surface area contributed by atoms with E-state index in [0.29, 0.717) is 11.5 Å². The van der Waals surface area contributed by atoms with Gasteiger partial charge in [-0.3, -0.25) is 20.4 Å². The number of para-hydroxylation sites is 1. The van der Waals surface area contributed by atoms with Gasteiger partial charge in [0.25, 0.3) is 11.8 Å². The molecule has 3 rings (SSSR count). The second-order valence-electron chi connectivity index (χ2n) is 5.91. The maximum Gasteiger partial charge on any atom is 0.276 e. The Labute approximate surface area is 162 Å². The van der Waals surface area contributed by atoms with Gasteiger partial charge in [-0.1, -0.05) is 48.5 Å². The minimum Gasteiger partial charge on any atom is -0.496 e. The molecule has 3 aromatic rings. The Kier molecular flexibility index (Phi) is 6.25. The summed E-state index contributed by atoms with van der Waals surface area (Å²) in [6, 6.07) is 20.7. The first-order chi connectivity index (χ1) is 13.7. The number of hydrogen-bond donors (Lipinski definition) is 2. The molecule has 6 heteroatoms. The number of methoxy groups -OCH3 is 1. The summed E-state index contributed by atoms with van der Waals surface area (Å²) in [4.78, 5) is 23.7. The Morgan fingerprint density at radius 3 is 2.50 bits per heavy atom. The number of fused-ring (bicyclic) bond motifs is 1. The average molecular weight is 376 g/mol. The molecule has 0 aliphatic rings. The molecule has 0 aliphatic carbocycles. The summed E-state index contributed by atoms with van der Waals surface area (Å²) < 4.78 is 10.7. The smallest absolute Gasteiger partial charge is 0.276 e. The van der Waals surface area contributed by atoms with Gasteiger partial charge in [0, 0.05) is 11.6 Å². The summed E-state index contributed by atoms with van der Waals surface area (Å²) in [6.45, 7) is -0.213. The van der Waals surface area contributed by atoms with E-state index in [1.165, 1.54) is 6.08 Å². The number of amides is 2. The number of carbonyl (C=O) groups is 2. The largest absolute Gasteiger partial charge is 0.496 e. The molecule has 0 bridgehead atoms. The van der Waals surface area contributed by atoms with Crippen LogP contribution in [0.5, 0.6) is 11.5 Å². The van der Waals surface area contributed by atoms with Crippen LogP contribution in [-0.2, 0) is 9.59 Å². The van der Waals surface area contributed by atoms with Crippen LogP contribution in [0, 0.1) is 0 Å². The van der Waals surface area contributed by atoms with Gasteiger partial charge in [0.2, 0.25) is 0 Å². The minimum atomic E-state index is -0.468. The monoisotopic (exact) mass is 376 g/mol. The van der Waals surface area contributed by atoms with Gasteiger partial charge in [-0.05, 0) is 35.0 Å². The molecule has 0 aromatic heterocycles. The lowest BCUT2D eigenvalue weighted by molar-refractivity contribution is -0.128. The summed E-state index contributed by atoms with van der Waals surface area (Å²) in [5.41, 5.74) is 5.37. The van der Waals surface area contributed by atoms with Crippen molar-refractivity contribution >= 4 is 28.7 Å². The van der Waals surface area contributed by atoms with Gasteiger partial charge in [0.15, 0.2) is 6.61 Å². The van der Waals surface area contributed by atoms with E-state index in [0.717, 1.165) is 16.3 Å². The lowest BCUT2D eigenvalue weighted by Crippen LogP contribution is -2.43. The Bertz CT molecular complexity index is 1010. The third-order valence-corrected chi connectivity index (χ3v) is 3.97. The highest BCUT2D eigenvalue weighted by Gasteiger charge is 2.05. The zero-order valence-electron chi connectivity index (χ0n) is 15.3. The van der Waals surface area contributed by atoms with Gasteiger partial charge in [-0.15, -0.1) is 0 Å². The average Bonchev–Trinajstić information content (AvgIpc) is 2.74. The fourth-order valence-electron chi connectivity index (χ4n) is 2.58. The van der Waals surface area contributed by atoms with Crippen molar-refractivity contribution in [2.24, 2.45) is 0 Å².